The first-order valence-corrected chi connectivity index (χ1v) is 10.8. The minimum Gasteiger partial charge on any atom is -0.324 e. The summed E-state index contributed by atoms with van der Waals surface area (Å²) in [6.45, 7) is 0. The highest BCUT2D eigenvalue weighted by Crippen LogP contribution is 2.32. The Morgan fingerprint density at radius 2 is 2.07 bits per heavy atom. The molecular weight excluding hydrogens is 437 g/mol. The van der Waals surface area contributed by atoms with Gasteiger partial charge in [-0.2, -0.15) is 0 Å². The summed E-state index contributed by atoms with van der Waals surface area (Å²) >= 11 is 15.0. The first kappa shape index (κ1) is 19.3. The molecule has 1 aliphatic heterocycles. The number of rotatable bonds is 4. The SMILES string of the molecule is O=C1CSc2ccc(C(=O)Nc3ncc(Cc4ccc(Cl)cc4Cl)s3)cc2N1. The van der Waals surface area contributed by atoms with E-state index >= 15 is 0 Å². The molecule has 2 heterocycles. The molecule has 0 saturated heterocycles. The third-order valence-corrected chi connectivity index (χ3v) is 6.60. The number of anilines is 2. The summed E-state index contributed by atoms with van der Waals surface area (Å²) in [7, 11) is 0. The molecule has 9 heteroatoms. The zero-order valence-corrected chi connectivity index (χ0v) is 17.4. The fourth-order valence-corrected chi connectivity index (χ4v) is 4.79. The van der Waals surface area contributed by atoms with Crippen LogP contribution in [0.4, 0.5) is 10.8 Å². The van der Waals surface area contributed by atoms with Crippen LogP contribution in [0.15, 0.2) is 47.5 Å². The summed E-state index contributed by atoms with van der Waals surface area (Å²) in [5.41, 5.74) is 2.06. The zero-order valence-electron chi connectivity index (χ0n) is 14.3. The molecule has 28 heavy (non-hydrogen) atoms. The van der Waals surface area contributed by atoms with Crippen molar-refractivity contribution in [1.82, 2.24) is 4.98 Å². The van der Waals surface area contributed by atoms with Crippen LogP contribution < -0.4 is 10.6 Å². The van der Waals surface area contributed by atoms with Crippen molar-refractivity contribution in [3.05, 3.63) is 68.6 Å². The smallest absolute Gasteiger partial charge is 0.257 e. The molecule has 0 fully saturated rings. The second-order valence-electron chi connectivity index (χ2n) is 6.05. The van der Waals surface area contributed by atoms with Crippen LogP contribution in [0.5, 0.6) is 0 Å². The van der Waals surface area contributed by atoms with Crippen LogP contribution in [0.3, 0.4) is 0 Å². The molecule has 3 aromatic rings. The highest BCUT2D eigenvalue weighted by molar-refractivity contribution is 8.00. The van der Waals surface area contributed by atoms with Gasteiger partial charge in [0.05, 0.1) is 11.4 Å². The Bertz CT molecular complexity index is 1080. The monoisotopic (exact) mass is 449 g/mol. The Balaban J connectivity index is 1.46. The van der Waals surface area contributed by atoms with E-state index in [4.69, 9.17) is 23.2 Å². The van der Waals surface area contributed by atoms with Crippen LogP contribution in [-0.4, -0.2) is 22.6 Å². The van der Waals surface area contributed by atoms with E-state index in [-0.39, 0.29) is 11.8 Å². The zero-order chi connectivity index (χ0) is 19.7. The third-order valence-electron chi connectivity index (χ3n) is 4.03. The first-order valence-electron chi connectivity index (χ1n) is 8.24. The molecule has 2 N–H and O–H groups in total. The lowest BCUT2D eigenvalue weighted by molar-refractivity contribution is -0.113. The van der Waals surface area contributed by atoms with Crippen LogP contribution >= 0.6 is 46.3 Å². The Hall–Kier alpha value is -2.06. The van der Waals surface area contributed by atoms with E-state index in [1.165, 1.54) is 23.1 Å². The van der Waals surface area contributed by atoms with E-state index in [1.54, 1.807) is 30.5 Å². The Labute approximate surface area is 179 Å². The van der Waals surface area contributed by atoms with Gasteiger partial charge >= 0.3 is 0 Å². The molecule has 4 rings (SSSR count). The van der Waals surface area contributed by atoms with E-state index in [9.17, 15) is 9.59 Å². The van der Waals surface area contributed by atoms with Crippen molar-refractivity contribution in [3.63, 3.8) is 0 Å². The van der Waals surface area contributed by atoms with Gasteiger partial charge in [0.1, 0.15) is 0 Å². The van der Waals surface area contributed by atoms with Crippen molar-refractivity contribution < 1.29 is 9.59 Å². The van der Waals surface area contributed by atoms with Crippen LogP contribution in [0, 0.1) is 0 Å². The molecule has 0 aliphatic carbocycles. The van der Waals surface area contributed by atoms with Gasteiger partial charge in [0.25, 0.3) is 5.91 Å². The summed E-state index contributed by atoms with van der Waals surface area (Å²) in [5.74, 6) is 0.0384. The highest BCUT2D eigenvalue weighted by Gasteiger charge is 2.18. The molecule has 142 valence electrons. The highest BCUT2D eigenvalue weighted by atomic mass is 35.5. The summed E-state index contributed by atoms with van der Waals surface area (Å²) in [4.78, 5) is 30.3. The average Bonchev–Trinajstić information content (AvgIpc) is 3.10. The van der Waals surface area contributed by atoms with E-state index < -0.39 is 0 Å². The quantitative estimate of drug-likeness (QED) is 0.563. The minimum atomic E-state index is -0.280. The van der Waals surface area contributed by atoms with Crippen LogP contribution in [0.1, 0.15) is 20.8 Å². The van der Waals surface area contributed by atoms with Crippen molar-refractivity contribution in [3.8, 4) is 0 Å². The summed E-state index contributed by atoms with van der Waals surface area (Å²) in [6, 6.07) is 10.6. The van der Waals surface area contributed by atoms with E-state index in [0.717, 1.165) is 15.3 Å². The first-order chi connectivity index (χ1) is 13.5. The van der Waals surface area contributed by atoms with Crippen LogP contribution in [-0.2, 0) is 11.2 Å². The molecule has 1 aromatic heterocycles. The minimum absolute atomic E-state index is 0.0690. The number of amides is 2. The molecule has 2 aromatic carbocycles. The normalized spacial score (nSPS) is 13.0. The second-order valence-corrected chi connectivity index (χ2v) is 9.02. The number of benzene rings is 2. The largest absolute Gasteiger partial charge is 0.324 e. The van der Waals surface area contributed by atoms with Gasteiger partial charge in [-0.25, -0.2) is 4.98 Å². The second kappa shape index (κ2) is 8.13. The molecule has 0 radical (unpaired) electrons. The summed E-state index contributed by atoms with van der Waals surface area (Å²) < 4.78 is 0. The number of carbonyl (C=O) groups excluding carboxylic acids is 2. The van der Waals surface area contributed by atoms with Crippen molar-refractivity contribution in [1.29, 1.82) is 0 Å². The van der Waals surface area contributed by atoms with E-state index in [2.05, 4.69) is 15.6 Å². The standard InChI is InChI=1S/C19H13Cl2N3O2S2/c20-12-3-1-10(14(21)7-12)5-13-8-22-19(28-13)24-18(26)11-2-4-16-15(6-11)23-17(25)9-27-16/h1-4,6-8H,5,9H2,(H,23,25)(H,22,24,26). The number of halogens is 2. The fourth-order valence-electron chi connectivity index (χ4n) is 2.69. The number of nitrogens with one attached hydrogen (secondary N) is 2. The lowest BCUT2D eigenvalue weighted by Crippen LogP contribution is -2.19. The number of nitrogens with zero attached hydrogens (tertiary/aromatic N) is 1. The fraction of sp³-hybridized carbons (Fsp3) is 0.105. The van der Waals surface area contributed by atoms with Gasteiger partial charge in [-0.3, -0.25) is 14.9 Å². The van der Waals surface area contributed by atoms with Crippen molar-refractivity contribution in [2.75, 3.05) is 16.4 Å². The molecule has 2 amide bonds. The molecule has 0 bridgehead atoms. The molecule has 0 atom stereocenters. The van der Waals surface area contributed by atoms with Gasteiger partial charge in [0.15, 0.2) is 5.13 Å². The van der Waals surface area contributed by atoms with Crippen LogP contribution in [0.2, 0.25) is 10.0 Å². The average molecular weight is 450 g/mol. The maximum absolute atomic E-state index is 12.5. The number of thiazole rings is 1. The van der Waals surface area contributed by atoms with Gasteiger partial charge in [-0.05, 0) is 35.9 Å². The van der Waals surface area contributed by atoms with Gasteiger partial charge < -0.3 is 5.32 Å². The number of hydrogen-bond donors (Lipinski definition) is 2. The summed E-state index contributed by atoms with van der Waals surface area (Å²) in [6.07, 6.45) is 2.32. The molecule has 0 spiro atoms. The number of hydrogen-bond acceptors (Lipinski definition) is 5. The third kappa shape index (κ3) is 4.33. The number of aromatic nitrogens is 1. The maximum atomic E-state index is 12.5. The topological polar surface area (TPSA) is 71.1 Å². The molecule has 0 saturated carbocycles. The maximum Gasteiger partial charge on any atom is 0.257 e. The molecule has 0 unspecified atom stereocenters. The number of carbonyl (C=O) groups is 2. The van der Waals surface area contributed by atoms with Gasteiger partial charge in [-0.1, -0.05) is 29.3 Å². The van der Waals surface area contributed by atoms with Crippen LogP contribution in [0.25, 0.3) is 0 Å². The summed E-state index contributed by atoms with van der Waals surface area (Å²) in [5, 5.41) is 7.27. The van der Waals surface area contributed by atoms with E-state index in [1.807, 2.05) is 12.1 Å². The van der Waals surface area contributed by atoms with Crippen molar-refractivity contribution in [2.24, 2.45) is 0 Å². The van der Waals surface area contributed by atoms with Gasteiger partial charge in [-0.15, -0.1) is 23.1 Å². The molecular formula is C19H13Cl2N3O2S2. The van der Waals surface area contributed by atoms with Crippen molar-refractivity contribution >= 4 is 68.9 Å². The lowest BCUT2D eigenvalue weighted by Gasteiger charge is -2.16. The Morgan fingerprint density at radius 1 is 1.21 bits per heavy atom. The number of fused-ring (bicyclic) bond motifs is 1. The van der Waals surface area contributed by atoms with Gasteiger partial charge in [0, 0.05) is 38.0 Å². The molecule has 5 nitrogen and oxygen atoms in total. The number of thioether (sulfide) groups is 1. The lowest BCUT2D eigenvalue weighted by atomic mass is 10.1. The van der Waals surface area contributed by atoms with Crippen molar-refractivity contribution in [2.45, 2.75) is 11.3 Å². The predicted octanol–water partition coefficient (Wildman–Crippen LogP) is 5.34. The molecule has 1 aliphatic rings. The Morgan fingerprint density at radius 3 is 2.89 bits per heavy atom. The Kier molecular flexibility index (Phi) is 5.59. The predicted molar refractivity (Wildman–Crippen MR) is 115 cm³/mol. The van der Waals surface area contributed by atoms with Gasteiger partial charge in [0.2, 0.25) is 5.91 Å². The van der Waals surface area contributed by atoms with E-state index in [0.29, 0.717) is 38.6 Å².